The average molecular weight is 1490 g/mol. The Labute approximate surface area is 626 Å². The first-order valence-electron chi connectivity index (χ1n) is 42.7. The molecule has 606 valence electrons. The molecule has 0 amide bonds. The molecule has 0 radical (unpaired) electrons. The van der Waals surface area contributed by atoms with Crippen LogP contribution in [-0.4, -0.2) is 96.7 Å². The van der Waals surface area contributed by atoms with Crippen molar-refractivity contribution in [1.82, 2.24) is 0 Å². The Morgan fingerprint density at radius 1 is 0.275 bits per heavy atom. The van der Waals surface area contributed by atoms with E-state index in [0.717, 1.165) is 114 Å². The topological polar surface area (TPSA) is 237 Å². The van der Waals surface area contributed by atoms with Crippen molar-refractivity contribution < 1.29 is 80.2 Å². The number of unbranched alkanes of at least 4 members (excludes halogenated alkanes) is 45. The van der Waals surface area contributed by atoms with E-state index >= 15 is 0 Å². The van der Waals surface area contributed by atoms with E-state index in [1.165, 1.54) is 225 Å². The molecule has 102 heavy (non-hydrogen) atoms. The maximum Gasteiger partial charge on any atom is 0.472 e. The molecular formula is C83H162O17P2. The van der Waals surface area contributed by atoms with E-state index in [4.69, 9.17) is 37.0 Å². The van der Waals surface area contributed by atoms with Crippen LogP contribution >= 0.6 is 15.6 Å². The van der Waals surface area contributed by atoms with Crippen LogP contribution in [0.15, 0.2) is 0 Å². The van der Waals surface area contributed by atoms with Gasteiger partial charge >= 0.3 is 39.5 Å². The van der Waals surface area contributed by atoms with Crippen LogP contribution in [0.2, 0.25) is 0 Å². The highest BCUT2D eigenvalue weighted by atomic mass is 31.2. The monoisotopic (exact) mass is 1490 g/mol. The van der Waals surface area contributed by atoms with E-state index in [0.29, 0.717) is 31.6 Å². The number of hydrogen-bond donors (Lipinski definition) is 3. The quantitative estimate of drug-likeness (QED) is 0.0222. The van der Waals surface area contributed by atoms with Crippen LogP contribution in [0.4, 0.5) is 0 Å². The molecule has 19 heteroatoms. The van der Waals surface area contributed by atoms with Crippen LogP contribution in [0.5, 0.6) is 0 Å². The van der Waals surface area contributed by atoms with Gasteiger partial charge < -0.3 is 33.8 Å². The van der Waals surface area contributed by atoms with Crippen LogP contribution in [0.1, 0.15) is 428 Å². The number of aliphatic hydroxyl groups excluding tert-OH is 1. The molecule has 0 bridgehead atoms. The molecule has 0 rings (SSSR count). The number of aliphatic hydroxyl groups is 1. The van der Waals surface area contributed by atoms with E-state index in [1.54, 1.807) is 0 Å². The third kappa shape index (κ3) is 74.9. The van der Waals surface area contributed by atoms with Crippen molar-refractivity contribution in [2.75, 3.05) is 39.6 Å². The lowest BCUT2D eigenvalue weighted by Crippen LogP contribution is -2.30. The predicted molar refractivity (Wildman–Crippen MR) is 418 cm³/mol. The summed E-state index contributed by atoms with van der Waals surface area (Å²) in [5.41, 5.74) is 0. The number of phosphoric acid groups is 2. The highest BCUT2D eigenvalue weighted by molar-refractivity contribution is 7.47. The van der Waals surface area contributed by atoms with Gasteiger partial charge in [-0.2, -0.15) is 0 Å². The molecule has 0 aromatic rings. The van der Waals surface area contributed by atoms with Gasteiger partial charge in [-0.3, -0.25) is 37.3 Å². The zero-order valence-electron chi connectivity index (χ0n) is 67.2. The summed E-state index contributed by atoms with van der Waals surface area (Å²) in [6, 6.07) is 0. The lowest BCUT2D eigenvalue weighted by Gasteiger charge is -2.21. The van der Waals surface area contributed by atoms with Gasteiger partial charge in [0.05, 0.1) is 26.4 Å². The van der Waals surface area contributed by atoms with Crippen LogP contribution in [0, 0.1) is 23.7 Å². The van der Waals surface area contributed by atoms with Gasteiger partial charge in [-0.25, -0.2) is 9.13 Å². The highest BCUT2D eigenvalue weighted by Crippen LogP contribution is 2.45. The largest absolute Gasteiger partial charge is 0.472 e. The second-order valence-corrected chi connectivity index (χ2v) is 34.4. The van der Waals surface area contributed by atoms with Crippen LogP contribution in [0.3, 0.4) is 0 Å². The van der Waals surface area contributed by atoms with Crippen LogP contribution in [0.25, 0.3) is 0 Å². The summed E-state index contributed by atoms with van der Waals surface area (Å²) in [4.78, 5) is 73.0. The van der Waals surface area contributed by atoms with Crippen molar-refractivity contribution in [2.45, 2.75) is 446 Å². The van der Waals surface area contributed by atoms with Gasteiger partial charge in [0.25, 0.3) is 0 Å². The third-order valence-electron chi connectivity index (χ3n) is 19.7. The first kappa shape index (κ1) is 100. The summed E-state index contributed by atoms with van der Waals surface area (Å²) < 4.78 is 68.7. The molecule has 0 aliphatic rings. The van der Waals surface area contributed by atoms with Gasteiger partial charge in [0.1, 0.15) is 19.3 Å². The number of phosphoric ester groups is 2. The third-order valence-corrected chi connectivity index (χ3v) is 21.6. The van der Waals surface area contributed by atoms with Gasteiger partial charge in [-0.15, -0.1) is 0 Å². The minimum atomic E-state index is -4.96. The van der Waals surface area contributed by atoms with Gasteiger partial charge in [-0.05, 0) is 49.4 Å². The van der Waals surface area contributed by atoms with Gasteiger partial charge in [0.2, 0.25) is 0 Å². The fourth-order valence-corrected chi connectivity index (χ4v) is 14.3. The van der Waals surface area contributed by atoms with E-state index in [9.17, 15) is 43.2 Å². The number of ether oxygens (including phenoxy) is 4. The molecule has 6 atom stereocenters. The molecule has 0 spiro atoms. The minimum absolute atomic E-state index is 0.105. The first-order chi connectivity index (χ1) is 49.1. The SMILES string of the molecule is CCC(C)CCCCCCCCCCCCCCCCCCCCC(=O)O[C@H](COC(=O)CCCCCCCCCCCCCCCCCC(C)C)COP(=O)(O)OC[C@@H](O)COP(=O)(O)OC[C@@H](COC(=O)CCCCCCCCC(C)C)OC(=O)CCCCCCCCCCCCC(C)C. The molecule has 3 unspecified atom stereocenters. The molecule has 0 heterocycles. The number of esters is 4. The molecule has 0 fully saturated rings. The fourth-order valence-electron chi connectivity index (χ4n) is 12.8. The molecule has 0 aliphatic heterocycles. The molecule has 0 saturated heterocycles. The first-order valence-corrected chi connectivity index (χ1v) is 45.7. The van der Waals surface area contributed by atoms with E-state index < -0.39 is 97.5 Å². The van der Waals surface area contributed by atoms with Crippen molar-refractivity contribution in [2.24, 2.45) is 23.7 Å². The summed E-state index contributed by atoms with van der Waals surface area (Å²) in [6.45, 7) is 14.3. The molecule has 3 N–H and O–H groups in total. The van der Waals surface area contributed by atoms with Crippen molar-refractivity contribution in [3.63, 3.8) is 0 Å². The maximum atomic E-state index is 13.1. The second kappa shape index (κ2) is 72.0. The Morgan fingerprint density at radius 3 is 0.696 bits per heavy atom. The summed E-state index contributed by atoms with van der Waals surface area (Å²) in [7, 11) is -9.92. The van der Waals surface area contributed by atoms with Crippen LogP contribution in [-0.2, 0) is 65.4 Å². The minimum Gasteiger partial charge on any atom is -0.462 e. The molecular weight excluding hydrogens is 1330 g/mol. The zero-order valence-corrected chi connectivity index (χ0v) is 69.0. The van der Waals surface area contributed by atoms with Crippen molar-refractivity contribution in [1.29, 1.82) is 0 Å². The molecule has 17 nitrogen and oxygen atoms in total. The predicted octanol–water partition coefficient (Wildman–Crippen LogP) is 24.8. The Bertz CT molecular complexity index is 1990. The summed E-state index contributed by atoms with van der Waals surface area (Å²) in [6.07, 6.45) is 59.9. The second-order valence-electron chi connectivity index (χ2n) is 31.5. The lowest BCUT2D eigenvalue weighted by molar-refractivity contribution is -0.161. The Kier molecular flexibility index (Phi) is 70.6. The number of hydrogen-bond acceptors (Lipinski definition) is 15. The van der Waals surface area contributed by atoms with Crippen molar-refractivity contribution >= 4 is 39.5 Å². The van der Waals surface area contributed by atoms with Gasteiger partial charge in [0.15, 0.2) is 12.2 Å². The van der Waals surface area contributed by atoms with E-state index in [-0.39, 0.29) is 25.7 Å². The summed E-state index contributed by atoms with van der Waals surface area (Å²) in [5.74, 6) is 0.994. The fraction of sp³-hybridized carbons (Fsp3) is 0.952. The van der Waals surface area contributed by atoms with Crippen molar-refractivity contribution in [3.8, 4) is 0 Å². The summed E-state index contributed by atoms with van der Waals surface area (Å²) in [5, 5.41) is 10.6. The van der Waals surface area contributed by atoms with Crippen LogP contribution < -0.4 is 0 Å². The zero-order chi connectivity index (χ0) is 75.3. The lowest BCUT2D eigenvalue weighted by atomic mass is 9.99. The van der Waals surface area contributed by atoms with E-state index in [1.807, 2.05) is 0 Å². The molecule has 0 aromatic heterocycles. The van der Waals surface area contributed by atoms with Crippen molar-refractivity contribution in [3.05, 3.63) is 0 Å². The average Bonchev–Trinajstić information content (AvgIpc) is 0.915. The van der Waals surface area contributed by atoms with E-state index in [2.05, 4.69) is 55.4 Å². The molecule has 0 aliphatic carbocycles. The molecule has 0 aromatic carbocycles. The highest BCUT2D eigenvalue weighted by Gasteiger charge is 2.30. The number of carbonyl (C=O) groups excluding carboxylic acids is 4. The Morgan fingerprint density at radius 2 is 0.471 bits per heavy atom. The number of carbonyl (C=O) groups is 4. The smallest absolute Gasteiger partial charge is 0.462 e. The standard InChI is InChI=1S/C83H162O17P2/c1-9-76(8)62-54-46-37-31-24-20-16-12-10-11-13-17-22-26-33-39-49-57-65-82(87)99-78(69-93-80(85)63-55-47-38-32-25-21-18-14-15-19-23-29-35-43-51-59-73(2)3)71-97-101(89,90)95-67-77(84)68-96-102(91,92)98-72-79(70-94-81(86)64-56-48-42-41-45-53-61-75(6)7)100-83(88)66-58-50-40-34-28-27-30-36-44-52-60-74(4)5/h73-79,84H,9-72H2,1-8H3,(H,89,90)(H,91,92)/t76?,77-,78-,79-/m1/s1. The molecule has 0 saturated carbocycles. The number of rotatable bonds is 80. The Balaban J connectivity index is 5.21. The Hall–Kier alpha value is -1.94. The normalized spacial score (nSPS) is 14.3. The summed E-state index contributed by atoms with van der Waals surface area (Å²) >= 11 is 0. The maximum absolute atomic E-state index is 13.1. The van der Waals surface area contributed by atoms with Gasteiger partial charge in [-0.1, -0.05) is 376 Å². The van der Waals surface area contributed by atoms with Gasteiger partial charge in [0, 0.05) is 25.7 Å².